The number of hydrogen-bond donors (Lipinski definition) is 1. The number of esters is 1. The smallest absolute Gasteiger partial charge is 0.337 e. The summed E-state index contributed by atoms with van der Waals surface area (Å²) in [6.45, 7) is 0. The lowest BCUT2D eigenvalue weighted by Crippen LogP contribution is -2.28. The fourth-order valence-corrected chi connectivity index (χ4v) is 2.39. The van der Waals surface area contributed by atoms with E-state index in [4.69, 9.17) is 4.84 Å². The topological polar surface area (TPSA) is 77.0 Å². The summed E-state index contributed by atoms with van der Waals surface area (Å²) in [6, 6.07) is 12.2. The van der Waals surface area contributed by atoms with Crippen molar-refractivity contribution < 1.29 is 23.6 Å². The molecule has 0 saturated heterocycles. The summed E-state index contributed by atoms with van der Waals surface area (Å²) in [5, 5.41) is 6.56. The number of rotatable bonds is 4. The second kappa shape index (κ2) is 7.12. The maximum absolute atomic E-state index is 13.3. The van der Waals surface area contributed by atoms with E-state index >= 15 is 0 Å². The third-order valence-corrected chi connectivity index (χ3v) is 3.69. The molecule has 128 valence electrons. The minimum atomic E-state index is -0.793. The highest BCUT2D eigenvalue weighted by atomic mass is 19.1. The molecule has 0 unspecified atom stereocenters. The van der Waals surface area contributed by atoms with Crippen molar-refractivity contribution in [2.24, 2.45) is 5.16 Å². The zero-order chi connectivity index (χ0) is 17.8. The number of methoxy groups -OCH3 is 1. The van der Waals surface area contributed by atoms with Crippen molar-refractivity contribution in [3.63, 3.8) is 0 Å². The van der Waals surface area contributed by atoms with Crippen LogP contribution in [0.25, 0.3) is 0 Å². The summed E-state index contributed by atoms with van der Waals surface area (Å²) in [5.41, 5.74) is 1.99. The average Bonchev–Trinajstić information content (AvgIpc) is 3.12. The van der Waals surface area contributed by atoms with E-state index in [0.29, 0.717) is 22.5 Å². The molecule has 0 radical (unpaired) electrons. The Balaban J connectivity index is 1.61. The minimum absolute atomic E-state index is 0.246. The van der Waals surface area contributed by atoms with Crippen molar-refractivity contribution in [3.05, 3.63) is 65.5 Å². The number of ether oxygens (including phenoxy) is 1. The van der Waals surface area contributed by atoms with Gasteiger partial charge in [-0.15, -0.1) is 0 Å². The van der Waals surface area contributed by atoms with Crippen LogP contribution in [0.5, 0.6) is 0 Å². The van der Waals surface area contributed by atoms with Crippen LogP contribution in [0.4, 0.5) is 10.1 Å². The summed E-state index contributed by atoms with van der Waals surface area (Å²) < 4.78 is 17.9. The van der Waals surface area contributed by atoms with E-state index in [1.54, 1.807) is 36.4 Å². The maximum Gasteiger partial charge on any atom is 0.337 e. The van der Waals surface area contributed by atoms with Crippen molar-refractivity contribution in [2.45, 2.75) is 12.5 Å². The number of carbonyl (C=O) groups excluding carboxylic acids is 2. The van der Waals surface area contributed by atoms with Gasteiger partial charge < -0.3 is 14.9 Å². The van der Waals surface area contributed by atoms with E-state index < -0.39 is 12.1 Å². The summed E-state index contributed by atoms with van der Waals surface area (Å²) in [7, 11) is 1.30. The number of halogens is 1. The monoisotopic (exact) mass is 342 g/mol. The molecule has 2 aromatic rings. The van der Waals surface area contributed by atoms with Crippen LogP contribution in [0.3, 0.4) is 0 Å². The quantitative estimate of drug-likeness (QED) is 0.867. The first-order valence-electron chi connectivity index (χ1n) is 7.54. The van der Waals surface area contributed by atoms with Crippen LogP contribution in [0.2, 0.25) is 0 Å². The van der Waals surface area contributed by atoms with Crippen LogP contribution in [-0.4, -0.2) is 30.8 Å². The van der Waals surface area contributed by atoms with Crippen LogP contribution in [0, 0.1) is 5.82 Å². The Morgan fingerprint density at radius 3 is 2.68 bits per heavy atom. The average molecular weight is 342 g/mol. The molecule has 1 N–H and O–H groups in total. The van der Waals surface area contributed by atoms with Gasteiger partial charge >= 0.3 is 5.97 Å². The van der Waals surface area contributed by atoms with Gasteiger partial charge in [-0.3, -0.25) is 4.79 Å². The van der Waals surface area contributed by atoms with Gasteiger partial charge in [-0.2, -0.15) is 0 Å². The summed E-state index contributed by atoms with van der Waals surface area (Å²) in [4.78, 5) is 28.8. The Hall–Kier alpha value is -3.22. The highest BCUT2D eigenvalue weighted by molar-refractivity contribution is 6.06. The Labute approximate surface area is 143 Å². The van der Waals surface area contributed by atoms with Crippen molar-refractivity contribution >= 4 is 23.3 Å². The molecule has 0 aliphatic carbocycles. The van der Waals surface area contributed by atoms with Crippen molar-refractivity contribution in [2.75, 3.05) is 12.4 Å². The first-order chi connectivity index (χ1) is 12.1. The predicted molar refractivity (Wildman–Crippen MR) is 88.8 cm³/mol. The summed E-state index contributed by atoms with van der Waals surface area (Å²) in [5.74, 6) is -1.20. The van der Waals surface area contributed by atoms with Gasteiger partial charge in [0.25, 0.3) is 5.91 Å². The van der Waals surface area contributed by atoms with Gasteiger partial charge in [0, 0.05) is 17.7 Å². The van der Waals surface area contributed by atoms with Crippen molar-refractivity contribution in [3.8, 4) is 0 Å². The Morgan fingerprint density at radius 2 is 2.00 bits per heavy atom. The molecule has 1 heterocycles. The van der Waals surface area contributed by atoms with Crippen LogP contribution in [0.1, 0.15) is 22.3 Å². The van der Waals surface area contributed by atoms with Gasteiger partial charge in [0.05, 0.1) is 18.4 Å². The fraction of sp³-hybridized carbons (Fsp3) is 0.167. The standard InChI is InChI=1S/C18H15FN2O4/c1-24-18(23)11-5-7-14(8-6-11)20-17(22)16-10-15(21-25-16)12-3-2-4-13(19)9-12/h2-9,16H,10H2,1H3,(H,20,22)/t16-/m0/s1. The van der Waals surface area contributed by atoms with E-state index in [9.17, 15) is 14.0 Å². The second-order valence-corrected chi connectivity index (χ2v) is 5.40. The number of benzene rings is 2. The van der Waals surface area contributed by atoms with Crippen LogP contribution in [0.15, 0.2) is 53.7 Å². The summed E-state index contributed by atoms with van der Waals surface area (Å²) >= 11 is 0. The zero-order valence-corrected chi connectivity index (χ0v) is 13.4. The molecule has 0 aromatic heterocycles. The Kier molecular flexibility index (Phi) is 4.74. The maximum atomic E-state index is 13.3. The number of amides is 1. The first kappa shape index (κ1) is 16.6. The SMILES string of the molecule is COC(=O)c1ccc(NC(=O)[C@@H]2CC(c3cccc(F)c3)=NO2)cc1. The third kappa shape index (κ3) is 3.82. The van der Waals surface area contributed by atoms with Crippen molar-refractivity contribution in [1.82, 2.24) is 0 Å². The minimum Gasteiger partial charge on any atom is -0.465 e. The molecule has 0 spiro atoms. The second-order valence-electron chi connectivity index (χ2n) is 5.40. The molecule has 1 aliphatic heterocycles. The Bertz CT molecular complexity index is 833. The predicted octanol–water partition coefficient (Wildman–Crippen LogP) is 2.74. The van der Waals surface area contributed by atoms with Gasteiger partial charge in [-0.05, 0) is 36.4 Å². The highest BCUT2D eigenvalue weighted by Crippen LogP contribution is 2.19. The molecule has 0 fully saturated rings. The van der Waals surface area contributed by atoms with E-state index in [1.165, 1.54) is 19.2 Å². The molecule has 1 atom stereocenters. The summed E-state index contributed by atoms with van der Waals surface area (Å²) in [6.07, 6.45) is -0.547. The molecular formula is C18H15FN2O4. The van der Waals surface area contributed by atoms with Gasteiger partial charge in [-0.1, -0.05) is 17.3 Å². The zero-order valence-electron chi connectivity index (χ0n) is 13.4. The molecule has 1 aliphatic rings. The van der Waals surface area contributed by atoms with E-state index in [2.05, 4.69) is 15.2 Å². The van der Waals surface area contributed by atoms with Gasteiger partial charge in [-0.25, -0.2) is 9.18 Å². The van der Waals surface area contributed by atoms with Gasteiger partial charge in [0.1, 0.15) is 5.82 Å². The lowest BCUT2D eigenvalue weighted by atomic mass is 10.0. The Morgan fingerprint density at radius 1 is 1.24 bits per heavy atom. The molecule has 6 nitrogen and oxygen atoms in total. The molecule has 0 bridgehead atoms. The van der Waals surface area contributed by atoms with E-state index in [1.807, 2.05) is 0 Å². The number of nitrogens with one attached hydrogen (secondary N) is 1. The largest absolute Gasteiger partial charge is 0.465 e. The number of oxime groups is 1. The van der Waals surface area contributed by atoms with E-state index in [-0.39, 0.29) is 18.1 Å². The number of carbonyl (C=O) groups is 2. The van der Waals surface area contributed by atoms with Gasteiger partial charge in [0.2, 0.25) is 6.10 Å². The van der Waals surface area contributed by atoms with E-state index in [0.717, 1.165) is 0 Å². The number of nitrogens with zero attached hydrogens (tertiary/aromatic N) is 1. The molecule has 0 saturated carbocycles. The third-order valence-electron chi connectivity index (χ3n) is 3.69. The van der Waals surface area contributed by atoms with Crippen molar-refractivity contribution in [1.29, 1.82) is 0 Å². The highest BCUT2D eigenvalue weighted by Gasteiger charge is 2.29. The van der Waals surface area contributed by atoms with Crippen LogP contribution in [-0.2, 0) is 14.4 Å². The lowest BCUT2D eigenvalue weighted by molar-refractivity contribution is -0.125. The molecule has 3 rings (SSSR count). The molecule has 7 heteroatoms. The number of hydrogen-bond acceptors (Lipinski definition) is 5. The normalized spacial score (nSPS) is 15.9. The number of anilines is 1. The first-order valence-corrected chi connectivity index (χ1v) is 7.54. The molecule has 25 heavy (non-hydrogen) atoms. The molecule has 2 aromatic carbocycles. The van der Waals surface area contributed by atoms with Gasteiger partial charge in [0.15, 0.2) is 0 Å². The van der Waals surface area contributed by atoms with Crippen LogP contribution < -0.4 is 5.32 Å². The molecule has 1 amide bonds. The molecular weight excluding hydrogens is 327 g/mol. The van der Waals surface area contributed by atoms with Crippen LogP contribution >= 0.6 is 0 Å². The fourth-order valence-electron chi connectivity index (χ4n) is 2.39. The lowest BCUT2D eigenvalue weighted by Gasteiger charge is -2.10.